The summed E-state index contributed by atoms with van der Waals surface area (Å²) in [5.74, 6) is -1.41. The van der Waals surface area contributed by atoms with Crippen molar-refractivity contribution in [2.24, 2.45) is 0 Å². The second kappa shape index (κ2) is 5.77. The van der Waals surface area contributed by atoms with Gasteiger partial charge in [-0.25, -0.2) is 4.79 Å². The van der Waals surface area contributed by atoms with Crippen LogP contribution in [0, 0.1) is 0 Å². The van der Waals surface area contributed by atoms with Gasteiger partial charge >= 0.3 is 5.97 Å². The summed E-state index contributed by atoms with van der Waals surface area (Å²) in [5.41, 5.74) is 0.303. The molecule has 0 spiro atoms. The minimum atomic E-state index is -1.08. The van der Waals surface area contributed by atoms with Gasteiger partial charge in [0, 0.05) is 11.6 Å². The minimum Gasteiger partial charge on any atom is -0.479 e. The molecule has 1 aliphatic heterocycles. The van der Waals surface area contributed by atoms with E-state index in [1.54, 1.807) is 6.07 Å². The smallest absolute Gasteiger partial charge is 0.334 e. The molecule has 1 atom stereocenters. The standard InChI is InChI=1S/C12H11Cl2NO4/c13-7-1-2-8(9(14)5-7)11(16)15-3-4-19-10(6-15)12(17)18/h1-2,5,10H,3-4,6H2,(H,17,18)/t10-/m0/s1. The molecule has 0 bridgehead atoms. The average molecular weight is 304 g/mol. The number of hydrogen-bond acceptors (Lipinski definition) is 3. The number of morpholine rings is 1. The van der Waals surface area contributed by atoms with Gasteiger partial charge in [0.15, 0.2) is 6.10 Å². The average Bonchev–Trinajstić information content (AvgIpc) is 2.38. The number of hydrogen-bond donors (Lipinski definition) is 1. The Kier molecular flexibility index (Phi) is 4.29. The third-order valence-corrected chi connectivity index (χ3v) is 3.34. The molecule has 1 aromatic rings. The van der Waals surface area contributed by atoms with Crippen molar-refractivity contribution in [2.75, 3.05) is 19.7 Å². The lowest BCUT2D eigenvalue weighted by Crippen LogP contribution is -2.48. The van der Waals surface area contributed by atoms with E-state index >= 15 is 0 Å². The molecule has 0 unspecified atom stereocenters. The number of benzene rings is 1. The van der Waals surface area contributed by atoms with Crippen LogP contribution in [-0.2, 0) is 9.53 Å². The van der Waals surface area contributed by atoms with E-state index in [0.717, 1.165) is 0 Å². The van der Waals surface area contributed by atoms with Gasteiger partial charge in [-0.1, -0.05) is 23.2 Å². The number of halogens is 2. The quantitative estimate of drug-likeness (QED) is 0.906. The Morgan fingerprint density at radius 2 is 2.11 bits per heavy atom. The van der Waals surface area contributed by atoms with Crippen LogP contribution >= 0.6 is 23.2 Å². The molecule has 1 aliphatic rings. The Labute approximate surface area is 119 Å². The van der Waals surface area contributed by atoms with Crippen LogP contribution in [0.25, 0.3) is 0 Å². The molecule has 1 N–H and O–H groups in total. The second-order valence-corrected chi connectivity index (χ2v) is 4.92. The zero-order chi connectivity index (χ0) is 14.0. The molecule has 0 radical (unpaired) electrons. The Morgan fingerprint density at radius 3 is 2.74 bits per heavy atom. The van der Waals surface area contributed by atoms with Crippen molar-refractivity contribution in [3.8, 4) is 0 Å². The van der Waals surface area contributed by atoms with Gasteiger partial charge in [0.2, 0.25) is 0 Å². The van der Waals surface area contributed by atoms with Crippen LogP contribution in [0.3, 0.4) is 0 Å². The maximum atomic E-state index is 12.2. The molecule has 0 saturated carbocycles. The molecule has 19 heavy (non-hydrogen) atoms. The van der Waals surface area contributed by atoms with E-state index in [-0.39, 0.29) is 24.1 Å². The largest absolute Gasteiger partial charge is 0.479 e. The Morgan fingerprint density at radius 1 is 1.37 bits per heavy atom. The summed E-state index contributed by atoms with van der Waals surface area (Å²) in [5, 5.41) is 9.58. The van der Waals surface area contributed by atoms with E-state index in [1.807, 2.05) is 0 Å². The number of nitrogens with zero attached hydrogens (tertiary/aromatic N) is 1. The highest BCUT2D eigenvalue weighted by molar-refractivity contribution is 6.36. The lowest BCUT2D eigenvalue weighted by molar-refractivity contribution is -0.154. The molecule has 1 saturated heterocycles. The molecule has 5 nitrogen and oxygen atoms in total. The van der Waals surface area contributed by atoms with Gasteiger partial charge < -0.3 is 14.7 Å². The highest BCUT2D eigenvalue weighted by Crippen LogP contribution is 2.23. The number of carboxylic acids is 1. The molecule has 1 fully saturated rings. The van der Waals surface area contributed by atoms with E-state index in [9.17, 15) is 9.59 Å². The van der Waals surface area contributed by atoms with Crippen LogP contribution in [0.2, 0.25) is 10.0 Å². The summed E-state index contributed by atoms with van der Waals surface area (Å²) in [4.78, 5) is 24.5. The van der Waals surface area contributed by atoms with E-state index in [4.69, 9.17) is 33.0 Å². The number of rotatable bonds is 2. The first kappa shape index (κ1) is 14.1. The van der Waals surface area contributed by atoms with E-state index in [2.05, 4.69) is 0 Å². The van der Waals surface area contributed by atoms with Crippen LogP contribution in [0.5, 0.6) is 0 Å². The summed E-state index contributed by atoms with van der Waals surface area (Å²) in [6, 6.07) is 4.57. The monoisotopic (exact) mass is 303 g/mol. The van der Waals surface area contributed by atoms with Crippen LogP contribution in [0.1, 0.15) is 10.4 Å². The van der Waals surface area contributed by atoms with Crippen molar-refractivity contribution in [1.82, 2.24) is 4.90 Å². The molecular formula is C12H11Cl2NO4. The van der Waals surface area contributed by atoms with E-state index in [1.165, 1.54) is 17.0 Å². The highest BCUT2D eigenvalue weighted by atomic mass is 35.5. The van der Waals surface area contributed by atoms with Gasteiger partial charge in [-0.2, -0.15) is 0 Å². The summed E-state index contributed by atoms with van der Waals surface area (Å²) in [6.07, 6.45) is -0.997. The molecule has 1 amide bonds. The summed E-state index contributed by atoms with van der Waals surface area (Å²) in [6.45, 7) is 0.530. The van der Waals surface area contributed by atoms with Gasteiger partial charge in [-0.3, -0.25) is 4.79 Å². The molecule has 7 heteroatoms. The van der Waals surface area contributed by atoms with Crippen LogP contribution < -0.4 is 0 Å². The van der Waals surface area contributed by atoms with Crippen LogP contribution in [0.4, 0.5) is 0 Å². The lowest BCUT2D eigenvalue weighted by atomic mass is 10.1. The third kappa shape index (κ3) is 3.18. The van der Waals surface area contributed by atoms with Crippen molar-refractivity contribution in [2.45, 2.75) is 6.10 Å². The maximum absolute atomic E-state index is 12.2. The summed E-state index contributed by atoms with van der Waals surface area (Å²) >= 11 is 11.7. The highest BCUT2D eigenvalue weighted by Gasteiger charge is 2.30. The van der Waals surface area contributed by atoms with Crippen LogP contribution in [0.15, 0.2) is 18.2 Å². The molecular weight excluding hydrogens is 293 g/mol. The summed E-state index contributed by atoms with van der Waals surface area (Å²) in [7, 11) is 0. The molecule has 0 aromatic heterocycles. The normalized spacial score (nSPS) is 19.3. The topological polar surface area (TPSA) is 66.8 Å². The minimum absolute atomic E-state index is 0.00707. The van der Waals surface area contributed by atoms with Crippen LogP contribution in [-0.4, -0.2) is 47.7 Å². The summed E-state index contributed by atoms with van der Waals surface area (Å²) < 4.78 is 5.06. The fraction of sp³-hybridized carbons (Fsp3) is 0.333. The van der Waals surface area contributed by atoms with E-state index < -0.39 is 12.1 Å². The molecule has 1 aromatic carbocycles. The van der Waals surface area contributed by atoms with Crippen molar-refractivity contribution >= 4 is 35.1 Å². The number of amides is 1. The number of carbonyl (C=O) groups excluding carboxylic acids is 1. The first-order valence-corrected chi connectivity index (χ1v) is 6.33. The molecule has 0 aliphatic carbocycles. The van der Waals surface area contributed by atoms with Crippen molar-refractivity contribution in [3.63, 3.8) is 0 Å². The van der Waals surface area contributed by atoms with Gasteiger partial charge in [-0.15, -0.1) is 0 Å². The third-order valence-electron chi connectivity index (χ3n) is 2.79. The number of ether oxygens (including phenoxy) is 1. The Hall–Kier alpha value is -1.30. The Bertz CT molecular complexity index is 520. The van der Waals surface area contributed by atoms with Gasteiger partial charge in [0.1, 0.15) is 0 Å². The van der Waals surface area contributed by atoms with Crippen molar-refractivity contribution in [3.05, 3.63) is 33.8 Å². The van der Waals surface area contributed by atoms with E-state index in [0.29, 0.717) is 17.1 Å². The number of carboxylic acid groups (broad SMARTS) is 1. The molecule has 2 rings (SSSR count). The predicted molar refractivity (Wildman–Crippen MR) is 69.7 cm³/mol. The van der Waals surface area contributed by atoms with Gasteiger partial charge in [0.05, 0.1) is 23.7 Å². The van der Waals surface area contributed by atoms with Crippen molar-refractivity contribution < 1.29 is 19.4 Å². The maximum Gasteiger partial charge on any atom is 0.334 e. The lowest BCUT2D eigenvalue weighted by Gasteiger charge is -2.31. The second-order valence-electron chi connectivity index (χ2n) is 4.07. The fourth-order valence-electron chi connectivity index (χ4n) is 1.82. The first-order valence-electron chi connectivity index (χ1n) is 5.58. The SMILES string of the molecule is O=C(O)[C@@H]1CN(C(=O)c2ccc(Cl)cc2Cl)CCO1. The first-order chi connectivity index (χ1) is 8.99. The Balaban J connectivity index is 2.17. The number of carbonyl (C=O) groups is 2. The fourth-order valence-corrected chi connectivity index (χ4v) is 2.31. The predicted octanol–water partition coefficient (Wildman–Crippen LogP) is 1.92. The van der Waals surface area contributed by atoms with Crippen molar-refractivity contribution in [1.29, 1.82) is 0 Å². The van der Waals surface area contributed by atoms with Gasteiger partial charge in [-0.05, 0) is 18.2 Å². The molecule has 102 valence electrons. The zero-order valence-corrected chi connectivity index (χ0v) is 11.3. The van der Waals surface area contributed by atoms with Gasteiger partial charge in [0.25, 0.3) is 5.91 Å². The molecule has 1 heterocycles. The zero-order valence-electron chi connectivity index (χ0n) is 9.81. The number of aliphatic carboxylic acids is 1.